The molecule has 0 aliphatic carbocycles. The molecule has 2 aromatic heterocycles. The van der Waals surface area contributed by atoms with Crippen LogP contribution in [0.2, 0.25) is 0 Å². The second kappa shape index (κ2) is 5.99. The zero-order valence-corrected chi connectivity index (χ0v) is 12.9. The SMILES string of the molecule is CCOC1CCCN(C(=O)c2sc3cnccc3c2N)C1. The van der Waals surface area contributed by atoms with Crippen LogP contribution in [0.15, 0.2) is 18.5 Å². The lowest BCUT2D eigenvalue weighted by Crippen LogP contribution is -2.43. The monoisotopic (exact) mass is 305 g/mol. The summed E-state index contributed by atoms with van der Waals surface area (Å²) in [6, 6.07) is 1.86. The van der Waals surface area contributed by atoms with E-state index in [1.54, 1.807) is 12.4 Å². The number of rotatable bonds is 3. The number of piperidine rings is 1. The molecule has 0 aromatic carbocycles. The maximum atomic E-state index is 12.7. The van der Waals surface area contributed by atoms with Crippen LogP contribution in [0.3, 0.4) is 0 Å². The Balaban J connectivity index is 1.84. The lowest BCUT2D eigenvalue weighted by atomic mass is 10.1. The Labute approximate surface area is 127 Å². The molecule has 2 aromatic rings. The number of carbonyl (C=O) groups is 1. The number of fused-ring (bicyclic) bond motifs is 1. The summed E-state index contributed by atoms with van der Waals surface area (Å²) in [5, 5.41) is 0.914. The number of aromatic nitrogens is 1. The lowest BCUT2D eigenvalue weighted by Gasteiger charge is -2.32. The van der Waals surface area contributed by atoms with Gasteiger partial charge in [0.05, 0.1) is 16.5 Å². The fourth-order valence-electron chi connectivity index (χ4n) is 2.77. The van der Waals surface area contributed by atoms with E-state index in [2.05, 4.69) is 4.98 Å². The predicted molar refractivity (Wildman–Crippen MR) is 84.6 cm³/mol. The number of anilines is 1. The first-order valence-corrected chi connectivity index (χ1v) is 8.05. The van der Waals surface area contributed by atoms with Crippen LogP contribution >= 0.6 is 11.3 Å². The van der Waals surface area contributed by atoms with Crippen LogP contribution in [0.5, 0.6) is 0 Å². The molecule has 1 unspecified atom stereocenters. The maximum Gasteiger partial charge on any atom is 0.266 e. The van der Waals surface area contributed by atoms with E-state index in [1.807, 2.05) is 17.9 Å². The first kappa shape index (κ1) is 14.3. The van der Waals surface area contributed by atoms with E-state index in [4.69, 9.17) is 10.5 Å². The fourth-order valence-corrected chi connectivity index (χ4v) is 3.83. The molecule has 5 nitrogen and oxygen atoms in total. The van der Waals surface area contributed by atoms with E-state index < -0.39 is 0 Å². The summed E-state index contributed by atoms with van der Waals surface area (Å²) >= 11 is 1.42. The third-order valence-corrected chi connectivity index (χ3v) is 4.94. The topological polar surface area (TPSA) is 68.5 Å². The summed E-state index contributed by atoms with van der Waals surface area (Å²) in [7, 11) is 0. The second-order valence-corrected chi connectivity index (χ2v) is 6.24. The van der Waals surface area contributed by atoms with E-state index in [9.17, 15) is 4.79 Å². The van der Waals surface area contributed by atoms with Crippen molar-refractivity contribution in [3.05, 3.63) is 23.3 Å². The molecule has 1 saturated heterocycles. The number of nitrogens with zero attached hydrogens (tertiary/aromatic N) is 2. The molecule has 3 heterocycles. The van der Waals surface area contributed by atoms with Crippen molar-refractivity contribution in [3.8, 4) is 0 Å². The molecule has 3 rings (SSSR count). The third-order valence-electron chi connectivity index (χ3n) is 3.79. The molecular formula is C15H19N3O2S. The number of carbonyl (C=O) groups excluding carboxylic acids is 1. The van der Waals surface area contributed by atoms with Gasteiger partial charge in [-0.15, -0.1) is 11.3 Å². The standard InChI is InChI=1S/C15H19N3O2S/c1-2-20-10-4-3-7-18(9-10)15(19)14-13(16)11-5-6-17-8-12(11)21-14/h5-6,8,10H,2-4,7,9,16H2,1H3. The molecule has 1 aliphatic heterocycles. The van der Waals surface area contributed by atoms with Crippen molar-refractivity contribution in [1.29, 1.82) is 0 Å². The fraction of sp³-hybridized carbons (Fsp3) is 0.467. The molecule has 1 atom stereocenters. The average Bonchev–Trinajstić information content (AvgIpc) is 2.85. The normalized spacial score (nSPS) is 19.1. The van der Waals surface area contributed by atoms with Crippen molar-refractivity contribution >= 4 is 33.0 Å². The van der Waals surface area contributed by atoms with Crippen LogP contribution < -0.4 is 5.73 Å². The van der Waals surface area contributed by atoms with Gasteiger partial charge in [-0.25, -0.2) is 0 Å². The zero-order valence-electron chi connectivity index (χ0n) is 12.0. The van der Waals surface area contributed by atoms with Crippen LogP contribution in [0.4, 0.5) is 5.69 Å². The summed E-state index contributed by atoms with van der Waals surface area (Å²) in [5.41, 5.74) is 6.71. The molecule has 0 bridgehead atoms. The molecule has 1 fully saturated rings. The van der Waals surface area contributed by atoms with E-state index in [-0.39, 0.29) is 12.0 Å². The van der Waals surface area contributed by atoms with Crippen LogP contribution in [0.25, 0.3) is 10.1 Å². The molecular weight excluding hydrogens is 286 g/mol. The van der Waals surface area contributed by atoms with Gasteiger partial charge in [-0.2, -0.15) is 0 Å². The van der Waals surface area contributed by atoms with E-state index in [1.165, 1.54) is 11.3 Å². The summed E-state index contributed by atoms with van der Waals surface area (Å²) in [6.07, 6.45) is 5.59. The number of nitrogen functional groups attached to an aromatic ring is 1. The highest BCUT2D eigenvalue weighted by Crippen LogP contribution is 2.34. The number of hydrogen-bond donors (Lipinski definition) is 1. The number of hydrogen-bond acceptors (Lipinski definition) is 5. The van der Waals surface area contributed by atoms with Crippen LogP contribution in [0, 0.1) is 0 Å². The molecule has 21 heavy (non-hydrogen) atoms. The Morgan fingerprint density at radius 3 is 3.24 bits per heavy atom. The van der Waals surface area contributed by atoms with Gasteiger partial charge in [-0.3, -0.25) is 9.78 Å². The minimum Gasteiger partial charge on any atom is -0.397 e. The van der Waals surface area contributed by atoms with E-state index in [0.29, 0.717) is 23.7 Å². The number of thiophene rings is 1. The summed E-state index contributed by atoms with van der Waals surface area (Å²) in [6.45, 7) is 4.09. The minimum atomic E-state index is 0.0121. The Bertz CT molecular complexity index is 653. The van der Waals surface area contributed by atoms with Gasteiger partial charge in [0.25, 0.3) is 5.91 Å². The highest BCUT2D eigenvalue weighted by molar-refractivity contribution is 7.21. The minimum absolute atomic E-state index is 0.0121. The zero-order chi connectivity index (χ0) is 14.8. The van der Waals surface area contributed by atoms with Gasteiger partial charge in [-0.1, -0.05) is 0 Å². The van der Waals surface area contributed by atoms with Crippen LogP contribution in [0.1, 0.15) is 29.4 Å². The van der Waals surface area contributed by atoms with Crippen LogP contribution in [-0.4, -0.2) is 41.6 Å². The summed E-state index contributed by atoms with van der Waals surface area (Å²) in [5.74, 6) is 0.0121. The molecule has 0 saturated carbocycles. The van der Waals surface area contributed by atoms with Crippen molar-refractivity contribution in [3.63, 3.8) is 0 Å². The number of pyridine rings is 1. The summed E-state index contributed by atoms with van der Waals surface area (Å²) < 4.78 is 6.61. The molecule has 6 heteroatoms. The van der Waals surface area contributed by atoms with Crippen LogP contribution in [-0.2, 0) is 4.74 Å². The Morgan fingerprint density at radius 2 is 2.48 bits per heavy atom. The highest BCUT2D eigenvalue weighted by Gasteiger charge is 2.27. The smallest absolute Gasteiger partial charge is 0.266 e. The predicted octanol–water partition coefficient (Wildman–Crippen LogP) is 2.52. The first-order valence-electron chi connectivity index (χ1n) is 7.23. The third kappa shape index (κ3) is 2.73. The number of nitrogens with two attached hydrogens (primary N) is 1. The molecule has 0 spiro atoms. The molecule has 1 amide bonds. The van der Waals surface area contributed by atoms with Gasteiger partial charge in [-0.05, 0) is 25.8 Å². The van der Waals surface area contributed by atoms with Gasteiger partial charge in [0.2, 0.25) is 0 Å². The second-order valence-electron chi connectivity index (χ2n) is 5.19. The van der Waals surface area contributed by atoms with Gasteiger partial charge in [0.15, 0.2) is 0 Å². The average molecular weight is 305 g/mol. The van der Waals surface area contributed by atoms with Crippen molar-refractivity contribution in [2.45, 2.75) is 25.9 Å². The Hall–Kier alpha value is -1.66. The quantitative estimate of drug-likeness (QED) is 0.946. The molecule has 0 radical (unpaired) electrons. The Kier molecular flexibility index (Phi) is 4.07. The molecule has 2 N–H and O–H groups in total. The maximum absolute atomic E-state index is 12.7. The largest absolute Gasteiger partial charge is 0.397 e. The highest BCUT2D eigenvalue weighted by atomic mass is 32.1. The number of ether oxygens (including phenoxy) is 1. The van der Waals surface area contributed by atoms with Gasteiger partial charge >= 0.3 is 0 Å². The van der Waals surface area contributed by atoms with Gasteiger partial charge in [0, 0.05) is 37.5 Å². The summed E-state index contributed by atoms with van der Waals surface area (Å²) in [4.78, 5) is 19.3. The molecule has 112 valence electrons. The van der Waals surface area contributed by atoms with Crippen molar-refractivity contribution < 1.29 is 9.53 Å². The van der Waals surface area contributed by atoms with E-state index >= 15 is 0 Å². The van der Waals surface area contributed by atoms with Gasteiger partial charge in [0.1, 0.15) is 4.88 Å². The Morgan fingerprint density at radius 1 is 1.62 bits per heavy atom. The first-order chi connectivity index (χ1) is 10.2. The number of likely N-dealkylation sites (tertiary alicyclic amines) is 1. The van der Waals surface area contributed by atoms with E-state index in [0.717, 1.165) is 29.5 Å². The van der Waals surface area contributed by atoms with Crippen molar-refractivity contribution in [2.75, 3.05) is 25.4 Å². The van der Waals surface area contributed by atoms with Gasteiger partial charge < -0.3 is 15.4 Å². The van der Waals surface area contributed by atoms with Crippen molar-refractivity contribution in [2.24, 2.45) is 0 Å². The lowest BCUT2D eigenvalue weighted by molar-refractivity contribution is 0.00746. The van der Waals surface area contributed by atoms with Crippen molar-refractivity contribution in [1.82, 2.24) is 9.88 Å². The number of amides is 1. The molecule has 1 aliphatic rings.